The van der Waals surface area contributed by atoms with Gasteiger partial charge in [-0.3, -0.25) is 4.52 Å². The first-order chi connectivity index (χ1) is 6.38. The number of aromatic hydroxyl groups is 1. The normalized spacial score (nSPS) is 11.6. The van der Waals surface area contributed by atoms with E-state index < -0.39 is 20.2 Å². The summed E-state index contributed by atoms with van der Waals surface area (Å²) in [5, 5.41) is 9.13. The van der Waals surface area contributed by atoms with Gasteiger partial charge in [-0.15, -0.1) is 0 Å². The molecule has 0 fully saturated rings. The van der Waals surface area contributed by atoms with Crippen molar-refractivity contribution in [3.8, 4) is 5.75 Å². The second-order valence-electron chi connectivity index (χ2n) is 2.54. The summed E-state index contributed by atoms with van der Waals surface area (Å²) in [7, 11) is -4.60. The highest BCUT2D eigenvalue weighted by molar-refractivity contribution is 7.46. The summed E-state index contributed by atoms with van der Waals surface area (Å²) in [6.45, 7) is -0.548. The van der Waals surface area contributed by atoms with E-state index in [-0.39, 0.29) is 11.3 Å². The first kappa shape index (κ1) is 11.1. The SMILES string of the molecule is O=P(O)(O)OCc1cc(F)ccc1O. The molecule has 0 bridgehead atoms. The summed E-state index contributed by atoms with van der Waals surface area (Å²) in [5.41, 5.74) is -0.0201. The minimum absolute atomic E-state index is 0.0201. The number of rotatable bonds is 3. The number of phenolic OH excluding ortho intramolecular Hbond substituents is 1. The summed E-state index contributed by atoms with van der Waals surface area (Å²) >= 11 is 0. The lowest BCUT2D eigenvalue weighted by atomic mass is 10.2. The third-order valence-electron chi connectivity index (χ3n) is 1.43. The Kier molecular flexibility index (Phi) is 3.23. The molecule has 14 heavy (non-hydrogen) atoms. The van der Waals surface area contributed by atoms with Crippen molar-refractivity contribution in [3.05, 3.63) is 29.6 Å². The number of hydrogen-bond acceptors (Lipinski definition) is 3. The largest absolute Gasteiger partial charge is 0.508 e. The van der Waals surface area contributed by atoms with E-state index in [0.717, 1.165) is 18.2 Å². The van der Waals surface area contributed by atoms with Crippen LogP contribution in [0.4, 0.5) is 4.39 Å². The average molecular weight is 222 g/mol. The maximum Gasteiger partial charge on any atom is 0.469 e. The Hall–Kier alpha value is -0.940. The van der Waals surface area contributed by atoms with Crippen LogP contribution in [0, 0.1) is 5.82 Å². The molecule has 0 spiro atoms. The zero-order chi connectivity index (χ0) is 10.8. The first-order valence-electron chi connectivity index (χ1n) is 3.56. The van der Waals surface area contributed by atoms with Gasteiger partial charge in [-0.05, 0) is 18.2 Å². The van der Waals surface area contributed by atoms with Crippen molar-refractivity contribution in [3.63, 3.8) is 0 Å². The number of benzene rings is 1. The summed E-state index contributed by atoms with van der Waals surface area (Å²) in [4.78, 5) is 16.7. The highest BCUT2D eigenvalue weighted by Gasteiger charge is 2.15. The molecule has 0 unspecified atom stereocenters. The van der Waals surface area contributed by atoms with Gasteiger partial charge in [-0.1, -0.05) is 0 Å². The summed E-state index contributed by atoms with van der Waals surface area (Å²) in [5.74, 6) is -0.896. The van der Waals surface area contributed by atoms with Crippen LogP contribution in [-0.2, 0) is 15.7 Å². The third kappa shape index (κ3) is 3.43. The molecule has 0 aliphatic heterocycles. The highest BCUT2D eigenvalue weighted by Crippen LogP contribution is 2.37. The van der Waals surface area contributed by atoms with Crippen molar-refractivity contribution in [2.24, 2.45) is 0 Å². The van der Waals surface area contributed by atoms with Crippen LogP contribution >= 0.6 is 7.82 Å². The van der Waals surface area contributed by atoms with Crippen molar-refractivity contribution in [2.75, 3.05) is 0 Å². The van der Waals surface area contributed by atoms with Gasteiger partial charge < -0.3 is 14.9 Å². The van der Waals surface area contributed by atoms with E-state index in [4.69, 9.17) is 14.9 Å². The number of halogens is 1. The van der Waals surface area contributed by atoms with Gasteiger partial charge in [0.25, 0.3) is 0 Å². The highest BCUT2D eigenvalue weighted by atomic mass is 31.2. The number of phenols is 1. The summed E-state index contributed by atoms with van der Waals surface area (Å²) in [6.07, 6.45) is 0. The maximum absolute atomic E-state index is 12.6. The van der Waals surface area contributed by atoms with Crippen LogP contribution < -0.4 is 0 Å². The molecule has 0 saturated heterocycles. The second-order valence-corrected chi connectivity index (χ2v) is 3.78. The Labute approximate surface area is 79.0 Å². The molecule has 0 heterocycles. The molecule has 0 radical (unpaired) electrons. The van der Waals surface area contributed by atoms with Crippen molar-refractivity contribution >= 4 is 7.82 Å². The minimum atomic E-state index is -4.60. The van der Waals surface area contributed by atoms with E-state index in [1.54, 1.807) is 0 Å². The van der Waals surface area contributed by atoms with Gasteiger partial charge in [0.2, 0.25) is 0 Å². The molecule has 3 N–H and O–H groups in total. The predicted molar refractivity (Wildman–Crippen MR) is 44.9 cm³/mol. The van der Waals surface area contributed by atoms with Crippen LogP contribution in [0.5, 0.6) is 5.75 Å². The van der Waals surface area contributed by atoms with Crippen LogP contribution in [0.1, 0.15) is 5.56 Å². The second kappa shape index (κ2) is 4.06. The Morgan fingerprint density at radius 1 is 1.43 bits per heavy atom. The van der Waals surface area contributed by atoms with Crippen molar-refractivity contribution in [1.29, 1.82) is 0 Å². The van der Waals surface area contributed by atoms with E-state index in [0.29, 0.717) is 0 Å². The van der Waals surface area contributed by atoms with Gasteiger partial charge >= 0.3 is 7.82 Å². The van der Waals surface area contributed by atoms with Crippen molar-refractivity contribution in [2.45, 2.75) is 6.61 Å². The molecule has 0 saturated carbocycles. The zero-order valence-electron chi connectivity index (χ0n) is 6.92. The Bertz CT molecular complexity index is 374. The number of phosphoric acid groups is 1. The van der Waals surface area contributed by atoms with E-state index >= 15 is 0 Å². The molecule has 7 heteroatoms. The van der Waals surface area contributed by atoms with E-state index in [1.165, 1.54) is 0 Å². The smallest absolute Gasteiger partial charge is 0.469 e. The fourth-order valence-electron chi connectivity index (χ4n) is 0.823. The van der Waals surface area contributed by atoms with Gasteiger partial charge in [-0.2, -0.15) is 0 Å². The number of phosphoric ester groups is 1. The Morgan fingerprint density at radius 2 is 2.07 bits per heavy atom. The minimum Gasteiger partial charge on any atom is -0.508 e. The van der Waals surface area contributed by atoms with Crippen LogP contribution in [0.15, 0.2) is 18.2 Å². The zero-order valence-corrected chi connectivity index (χ0v) is 7.82. The molecule has 5 nitrogen and oxygen atoms in total. The lowest BCUT2D eigenvalue weighted by Crippen LogP contribution is -1.92. The lowest BCUT2D eigenvalue weighted by Gasteiger charge is -2.06. The van der Waals surface area contributed by atoms with Crippen LogP contribution in [-0.4, -0.2) is 14.9 Å². The third-order valence-corrected chi connectivity index (χ3v) is 1.90. The van der Waals surface area contributed by atoms with E-state index in [9.17, 15) is 8.96 Å². The quantitative estimate of drug-likeness (QED) is 0.667. The maximum atomic E-state index is 12.6. The molecule has 78 valence electrons. The Morgan fingerprint density at radius 3 is 2.64 bits per heavy atom. The fourth-order valence-corrected chi connectivity index (χ4v) is 1.13. The van der Waals surface area contributed by atoms with Crippen LogP contribution in [0.25, 0.3) is 0 Å². The fraction of sp³-hybridized carbons (Fsp3) is 0.143. The monoisotopic (exact) mass is 222 g/mol. The standard InChI is InChI=1S/C7H8FO5P/c8-6-1-2-7(9)5(3-6)4-13-14(10,11)12/h1-3,9H,4H2,(H2,10,11,12). The van der Waals surface area contributed by atoms with Crippen molar-refractivity contribution in [1.82, 2.24) is 0 Å². The van der Waals surface area contributed by atoms with Gasteiger partial charge in [0.1, 0.15) is 11.6 Å². The lowest BCUT2D eigenvalue weighted by molar-refractivity contribution is 0.187. The van der Waals surface area contributed by atoms with Gasteiger partial charge in [0.05, 0.1) is 6.61 Å². The molecule has 0 aliphatic carbocycles. The molecule has 0 aliphatic rings. The molecular weight excluding hydrogens is 214 g/mol. The topological polar surface area (TPSA) is 87.0 Å². The van der Waals surface area contributed by atoms with Crippen LogP contribution in [0.2, 0.25) is 0 Å². The van der Waals surface area contributed by atoms with Gasteiger partial charge in [0, 0.05) is 5.56 Å². The van der Waals surface area contributed by atoms with E-state index in [1.807, 2.05) is 0 Å². The van der Waals surface area contributed by atoms with Gasteiger partial charge in [-0.25, -0.2) is 8.96 Å². The predicted octanol–water partition coefficient (Wildman–Crippen LogP) is 1.14. The molecule has 1 aromatic rings. The average Bonchev–Trinajstić information content (AvgIpc) is 2.05. The molecule has 0 aromatic heterocycles. The number of hydrogen-bond donors (Lipinski definition) is 3. The van der Waals surface area contributed by atoms with Crippen LogP contribution in [0.3, 0.4) is 0 Å². The first-order valence-corrected chi connectivity index (χ1v) is 5.09. The van der Waals surface area contributed by atoms with Gasteiger partial charge in [0.15, 0.2) is 0 Å². The van der Waals surface area contributed by atoms with Crippen molar-refractivity contribution < 1.29 is 28.4 Å². The van der Waals surface area contributed by atoms with E-state index in [2.05, 4.69) is 4.52 Å². The summed E-state index contributed by atoms with van der Waals surface area (Å²) in [6, 6.07) is 3.04. The molecule has 0 amide bonds. The Balaban J connectivity index is 2.76. The molecule has 0 atom stereocenters. The molecular formula is C7H8FO5P. The summed E-state index contributed by atoms with van der Waals surface area (Å²) < 4.78 is 27.0. The molecule has 1 rings (SSSR count). The molecule has 1 aromatic carbocycles.